The normalized spacial score (nSPS) is 23.6. The number of hydrogen-bond acceptors (Lipinski definition) is 3. The maximum Gasteiger partial charge on any atom is 0.335 e. The molecular weight excluding hydrogens is 220 g/mol. The van der Waals surface area contributed by atoms with Crippen molar-refractivity contribution >= 4 is 5.97 Å². The molecule has 92 valence electrons. The Bertz CT molecular complexity index is 402. The van der Waals surface area contributed by atoms with Crippen LogP contribution in [0.5, 0.6) is 5.75 Å². The van der Waals surface area contributed by atoms with Gasteiger partial charge in [0.25, 0.3) is 0 Å². The highest BCUT2D eigenvalue weighted by Gasteiger charge is 2.22. The lowest BCUT2D eigenvalue weighted by atomic mass is 10.2. The molecule has 0 saturated carbocycles. The van der Waals surface area contributed by atoms with Gasteiger partial charge in [-0.1, -0.05) is 6.07 Å². The van der Waals surface area contributed by atoms with Crippen molar-refractivity contribution in [2.24, 2.45) is 0 Å². The van der Waals surface area contributed by atoms with Crippen molar-refractivity contribution in [3.8, 4) is 5.75 Å². The van der Waals surface area contributed by atoms with E-state index in [2.05, 4.69) is 0 Å². The average Bonchev–Trinajstić information content (AvgIpc) is 2.73. The molecule has 1 heterocycles. The molecule has 0 bridgehead atoms. The summed E-state index contributed by atoms with van der Waals surface area (Å²) < 4.78 is 11.2. The van der Waals surface area contributed by atoms with Crippen molar-refractivity contribution < 1.29 is 19.4 Å². The number of hydrogen-bond donors (Lipinski definition) is 1. The summed E-state index contributed by atoms with van der Waals surface area (Å²) in [5.74, 6) is -0.366. The molecule has 1 aliphatic rings. The average molecular weight is 236 g/mol. The third-order valence-corrected chi connectivity index (χ3v) is 2.84. The van der Waals surface area contributed by atoms with Crippen LogP contribution in [0.15, 0.2) is 24.3 Å². The van der Waals surface area contributed by atoms with E-state index >= 15 is 0 Å². The van der Waals surface area contributed by atoms with E-state index in [1.807, 2.05) is 6.92 Å². The highest BCUT2D eigenvalue weighted by Crippen LogP contribution is 2.21. The Hall–Kier alpha value is -1.55. The van der Waals surface area contributed by atoms with E-state index in [1.54, 1.807) is 18.2 Å². The zero-order chi connectivity index (χ0) is 12.3. The van der Waals surface area contributed by atoms with Gasteiger partial charge in [0.05, 0.1) is 17.8 Å². The van der Waals surface area contributed by atoms with Crippen molar-refractivity contribution in [2.75, 3.05) is 6.61 Å². The first kappa shape index (κ1) is 11.9. The van der Waals surface area contributed by atoms with Crippen LogP contribution in [0.3, 0.4) is 0 Å². The molecule has 2 unspecified atom stereocenters. The van der Waals surface area contributed by atoms with Crippen molar-refractivity contribution in [3.63, 3.8) is 0 Å². The summed E-state index contributed by atoms with van der Waals surface area (Å²) in [6.45, 7) is 2.53. The molecule has 1 aliphatic heterocycles. The molecule has 4 heteroatoms. The molecule has 1 fully saturated rings. The summed E-state index contributed by atoms with van der Waals surface area (Å²) in [4.78, 5) is 10.8. The van der Waals surface area contributed by atoms with Gasteiger partial charge in [-0.15, -0.1) is 0 Å². The second kappa shape index (κ2) is 5.19. The molecule has 1 N–H and O–H groups in total. The summed E-state index contributed by atoms with van der Waals surface area (Å²) in [5.41, 5.74) is 0.239. The number of carboxylic acid groups (broad SMARTS) is 1. The first-order valence-electron chi connectivity index (χ1n) is 5.77. The quantitative estimate of drug-likeness (QED) is 0.871. The first-order valence-corrected chi connectivity index (χ1v) is 5.77. The molecule has 4 nitrogen and oxygen atoms in total. The fourth-order valence-electron chi connectivity index (χ4n) is 1.92. The van der Waals surface area contributed by atoms with Crippen LogP contribution in [0.25, 0.3) is 0 Å². The van der Waals surface area contributed by atoms with Gasteiger partial charge < -0.3 is 14.6 Å². The van der Waals surface area contributed by atoms with Gasteiger partial charge in [0.2, 0.25) is 0 Å². The highest BCUT2D eigenvalue weighted by molar-refractivity contribution is 5.87. The van der Waals surface area contributed by atoms with E-state index in [1.165, 1.54) is 6.07 Å². The van der Waals surface area contributed by atoms with Crippen molar-refractivity contribution in [1.82, 2.24) is 0 Å². The SMILES string of the molecule is CC1CCC(COc2cccc(C(=O)O)c2)O1. The van der Waals surface area contributed by atoms with Gasteiger partial charge >= 0.3 is 5.97 Å². The maximum atomic E-state index is 10.8. The summed E-state index contributed by atoms with van der Waals surface area (Å²) in [7, 11) is 0. The van der Waals surface area contributed by atoms with Crippen LogP contribution >= 0.6 is 0 Å². The van der Waals surface area contributed by atoms with Gasteiger partial charge in [0.15, 0.2) is 0 Å². The lowest BCUT2D eigenvalue weighted by Crippen LogP contribution is -2.17. The van der Waals surface area contributed by atoms with Crippen LogP contribution in [0.2, 0.25) is 0 Å². The minimum Gasteiger partial charge on any atom is -0.491 e. The Balaban J connectivity index is 1.90. The maximum absolute atomic E-state index is 10.8. The van der Waals surface area contributed by atoms with E-state index in [4.69, 9.17) is 14.6 Å². The highest BCUT2D eigenvalue weighted by atomic mass is 16.5. The lowest BCUT2D eigenvalue weighted by molar-refractivity contribution is 0.0264. The predicted molar refractivity (Wildman–Crippen MR) is 62.5 cm³/mol. The van der Waals surface area contributed by atoms with Crippen molar-refractivity contribution in [1.29, 1.82) is 0 Å². The minimum absolute atomic E-state index is 0.124. The molecule has 0 spiro atoms. The summed E-state index contributed by atoms with van der Waals surface area (Å²) in [6.07, 6.45) is 2.48. The largest absolute Gasteiger partial charge is 0.491 e. The van der Waals surface area contributed by atoms with E-state index in [0.29, 0.717) is 18.5 Å². The number of benzene rings is 1. The van der Waals surface area contributed by atoms with Crippen LogP contribution < -0.4 is 4.74 Å². The van der Waals surface area contributed by atoms with E-state index < -0.39 is 5.97 Å². The van der Waals surface area contributed by atoms with Gasteiger partial charge in [-0.25, -0.2) is 4.79 Å². The molecule has 17 heavy (non-hydrogen) atoms. The van der Waals surface area contributed by atoms with Crippen molar-refractivity contribution in [2.45, 2.75) is 32.0 Å². The number of carboxylic acids is 1. The fourth-order valence-corrected chi connectivity index (χ4v) is 1.92. The summed E-state index contributed by atoms with van der Waals surface area (Å²) in [5, 5.41) is 8.84. The van der Waals surface area contributed by atoms with E-state index in [9.17, 15) is 4.79 Å². The lowest BCUT2D eigenvalue weighted by Gasteiger charge is -2.12. The summed E-state index contributed by atoms with van der Waals surface area (Å²) in [6, 6.07) is 6.51. The third kappa shape index (κ3) is 3.20. The van der Waals surface area contributed by atoms with Gasteiger partial charge in [-0.2, -0.15) is 0 Å². The third-order valence-electron chi connectivity index (χ3n) is 2.84. The Morgan fingerprint density at radius 1 is 1.53 bits per heavy atom. The number of ether oxygens (including phenoxy) is 2. The second-order valence-electron chi connectivity index (χ2n) is 4.29. The van der Waals surface area contributed by atoms with E-state index in [-0.39, 0.29) is 11.7 Å². The van der Waals surface area contributed by atoms with Gasteiger partial charge in [0.1, 0.15) is 12.4 Å². The zero-order valence-electron chi connectivity index (χ0n) is 9.76. The molecule has 0 amide bonds. The Kier molecular flexibility index (Phi) is 3.64. The molecule has 0 radical (unpaired) electrons. The Morgan fingerprint density at radius 3 is 3.00 bits per heavy atom. The molecule has 0 aromatic heterocycles. The Labute approximate surface area is 100 Å². The Morgan fingerprint density at radius 2 is 2.35 bits per heavy atom. The van der Waals surface area contributed by atoms with Gasteiger partial charge in [-0.05, 0) is 38.0 Å². The van der Waals surface area contributed by atoms with Crippen LogP contribution in [0.4, 0.5) is 0 Å². The van der Waals surface area contributed by atoms with E-state index in [0.717, 1.165) is 12.8 Å². The molecule has 1 aromatic carbocycles. The van der Waals surface area contributed by atoms with Gasteiger partial charge in [-0.3, -0.25) is 0 Å². The number of rotatable bonds is 4. The fraction of sp³-hybridized carbons (Fsp3) is 0.462. The molecule has 0 aliphatic carbocycles. The van der Waals surface area contributed by atoms with Crippen molar-refractivity contribution in [3.05, 3.63) is 29.8 Å². The smallest absolute Gasteiger partial charge is 0.335 e. The van der Waals surface area contributed by atoms with Crippen LogP contribution in [0.1, 0.15) is 30.1 Å². The van der Waals surface area contributed by atoms with Gasteiger partial charge in [0, 0.05) is 0 Å². The topological polar surface area (TPSA) is 55.8 Å². The standard InChI is InChI=1S/C13H16O4/c1-9-5-6-12(17-9)8-16-11-4-2-3-10(7-11)13(14)15/h2-4,7,9,12H,5-6,8H2,1H3,(H,14,15). The molecular formula is C13H16O4. The molecule has 2 rings (SSSR count). The summed E-state index contributed by atoms with van der Waals surface area (Å²) >= 11 is 0. The number of aromatic carboxylic acids is 1. The number of carbonyl (C=O) groups is 1. The van der Waals surface area contributed by atoms with Crippen LogP contribution in [-0.4, -0.2) is 29.9 Å². The molecule has 1 aromatic rings. The van der Waals surface area contributed by atoms with Crippen LogP contribution in [0, 0.1) is 0 Å². The molecule has 2 atom stereocenters. The molecule has 1 saturated heterocycles. The zero-order valence-corrected chi connectivity index (χ0v) is 9.76. The minimum atomic E-state index is -0.943. The van der Waals surface area contributed by atoms with Crippen LogP contribution in [-0.2, 0) is 4.74 Å². The second-order valence-corrected chi connectivity index (χ2v) is 4.29. The monoisotopic (exact) mass is 236 g/mol. The predicted octanol–water partition coefficient (Wildman–Crippen LogP) is 2.33. The first-order chi connectivity index (χ1) is 8.15.